The van der Waals surface area contributed by atoms with E-state index in [1.165, 1.54) is 12.1 Å². The van der Waals surface area contributed by atoms with E-state index in [-0.39, 0.29) is 12.3 Å². The number of benzene rings is 1. The summed E-state index contributed by atoms with van der Waals surface area (Å²) in [6.45, 7) is 3.94. The fraction of sp³-hybridized carbons (Fsp3) is 0.517. The lowest BCUT2D eigenvalue weighted by Crippen LogP contribution is -2.46. The Hall–Kier alpha value is -3.66. The number of nitrogens with zero attached hydrogens (tertiary/aromatic N) is 3. The zero-order chi connectivity index (χ0) is 33.3. The molecule has 1 atom stereocenters. The van der Waals surface area contributed by atoms with E-state index in [4.69, 9.17) is 13.9 Å². The Labute approximate surface area is 252 Å². The summed E-state index contributed by atoms with van der Waals surface area (Å²) in [5, 5.41) is 9.65. The Bertz CT molecular complexity index is 1490. The number of nitrogens with one attached hydrogen (secondary N) is 1. The zero-order valence-electron chi connectivity index (χ0n) is 24.4. The van der Waals surface area contributed by atoms with Crippen LogP contribution in [0.1, 0.15) is 80.4 Å². The third-order valence-corrected chi connectivity index (χ3v) is 6.91. The lowest BCUT2D eigenvalue weighted by Gasteiger charge is -2.33. The normalized spacial score (nSPS) is 19.7. The van der Waals surface area contributed by atoms with Gasteiger partial charge in [-0.25, -0.2) is 13.8 Å². The van der Waals surface area contributed by atoms with Crippen molar-refractivity contribution < 1.29 is 53.8 Å². The number of ether oxygens (including phenoxy) is 2. The number of aromatic nitrogens is 3. The molecule has 1 aliphatic heterocycles. The number of ketones is 1. The quantitative estimate of drug-likeness (QED) is 0.211. The van der Waals surface area contributed by atoms with E-state index < -0.39 is 108 Å². The highest BCUT2D eigenvalue weighted by molar-refractivity contribution is 5.97. The first-order chi connectivity index (χ1) is 20.8. The topological polar surface area (TPSA) is 99.4 Å². The molecule has 2 aromatic heterocycles. The highest BCUT2D eigenvalue weighted by Gasteiger charge is 2.62. The monoisotopic (exact) mass is 650 g/mol. The summed E-state index contributed by atoms with van der Waals surface area (Å²) in [4.78, 5) is 16.7. The molecular weight excluding hydrogens is 620 g/mol. The second-order valence-corrected chi connectivity index (χ2v) is 11.5. The van der Waals surface area contributed by atoms with Gasteiger partial charge in [0.15, 0.2) is 11.5 Å². The SMILES string of the molecule is CC(C)(C)OCNc1cc(C(F)(F)F)c2nc1-c1nnc(o1)C(OCc1ccccc1)(C(F)(F)F)CCC(F)(F)CCCC2=O. The molecule has 1 N–H and O–H groups in total. The summed E-state index contributed by atoms with van der Waals surface area (Å²) < 4.78 is 133. The number of hydrogen-bond acceptors (Lipinski definition) is 8. The molecule has 0 amide bonds. The molecule has 3 aromatic rings. The van der Waals surface area contributed by atoms with Gasteiger partial charge in [0, 0.05) is 25.7 Å². The average Bonchev–Trinajstić information content (AvgIpc) is 3.41. The summed E-state index contributed by atoms with van der Waals surface area (Å²) in [5.74, 6) is -7.04. The fourth-order valence-electron chi connectivity index (χ4n) is 4.53. The van der Waals surface area contributed by atoms with Gasteiger partial charge in [-0.15, -0.1) is 10.2 Å². The van der Waals surface area contributed by atoms with Crippen LogP contribution in [0.4, 0.5) is 40.8 Å². The lowest BCUT2D eigenvalue weighted by atomic mass is 9.92. The summed E-state index contributed by atoms with van der Waals surface area (Å²) in [5.41, 5.74) is -7.66. The second-order valence-electron chi connectivity index (χ2n) is 11.5. The van der Waals surface area contributed by atoms with Gasteiger partial charge in [0.25, 0.3) is 11.8 Å². The lowest BCUT2D eigenvalue weighted by molar-refractivity contribution is -0.302. The largest absolute Gasteiger partial charge is 0.426 e. The number of fused-ring (bicyclic) bond motifs is 5. The van der Waals surface area contributed by atoms with Gasteiger partial charge < -0.3 is 19.2 Å². The van der Waals surface area contributed by atoms with Crippen LogP contribution in [0, 0.1) is 0 Å². The molecule has 246 valence electrons. The van der Waals surface area contributed by atoms with Crippen LogP contribution >= 0.6 is 0 Å². The zero-order valence-corrected chi connectivity index (χ0v) is 24.4. The van der Waals surface area contributed by atoms with Gasteiger partial charge in [-0.1, -0.05) is 30.3 Å². The minimum absolute atomic E-state index is 0.282. The molecule has 0 saturated heterocycles. The molecule has 16 heteroatoms. The molecule has 0 spiro atoms. The van der Waals surface area contributed by atoms with Crippen molar-refractivity contribution in [1.82, 2.24) is 15.2 Å². The van der Waals surface area contributed by atoms with E-state index >= 15 is 0 Å². The average molecular weight is 651 g/mol. The van der Waals surface area contributed by atoms with E-state index in [1.54, 1.807) is 39.0 Å². The first kappa shape index (κ1) is 34.2. The number of anilines is 1. The standard InChI is InChI=1S/C29H30F8N4O4/c1-25(2,3)44-16-38-19-14-18(28(32,33)34)21-20(42)10-7-11-26(30,31)12-13-27(29(35,36)37,43-15-17-8-5-4-6-9-17)24-41-40-23(45-24)22(19)39-21/h4-6,8-9,14,38H,7,10-13,15-16H2,1-3H3. The van der Waals surface area contributed by atoms with E-state index in [2.05, 4.69) is 20.5 Å². The maximum atomic E-state index is 14.9. The molecule has 4 rings (SSSR count). The number of rotatable bonds is 6. The van der Waals surface area contributed by atoms with Crippen LogP contribution < -0.4 is 5.32 Å². The van der Waals surface area contributed by atoms with Crippen molar-refractivity contribution in [3.8, 4) is 11.6 Å². The van der Waals surface area contributed by atoms with Crippen molar-refractivity contribution >= 4 is 11.5 Å². The van der Waals surface area contributed by atoms with Crippen LogP contribution in [0.3, 0.4) is 0 Å². The summed E-state index contributed by atoms with van der Waals surface area (Å²) in [6.07, 6.45) is -15.7. The Morgan fingerprint density at radius 2 is 1.64 bits per heavy atom. The third kappa shape index (κ3) is 8.14. The Balaban J connectivity index is 1.91. The summed E-state index contributed by atoms with van der Waals surface area (Å²) in [6, 6.07) is 8.13. The number of carbonyl (C=O) groups is 1. The highest BCUT2D eigenvalue weighted by Crippen LogP contribution is 2.49. The first-order valence-electron chi connectivity index (χ1n) is 13.8. The Morgan fingerprint density at radius 1 is 0.956 bits per heavy atom. The molecule has 1 aromatic carbocycles. The number of halogens is 8. The van der Waals surface area contributed by atoms with Crippen LogP contribution in [0.2, 0.25) is 0 Å². The van der Waals surface area contributed by atoms with Gasteiger partial charge in [0.1, 0.15) is 12.4 Å². The number of carbonyl (C=O) groups excluding carboxylic acids is 1. The van der Waals surface area contributed by atoms with Crippen LogP contribution in [0.5, 0.6) is 0 Å². The van der Waals surface area contributed by atoms with Gasteiger partial charge in [-0.3, -0.25) is 4.79 Å². The van der Waals surface area contributed by atoms with Crippen molar-refractivity contribution in [1.29, 1.82) is 0 Å². The van der Waals surface area contributed by atoms with Crippen molar-refractivity contribution in [3.63, 3.8) is 0 Å². The van der Waals surface area contributed by atoms with Crippen molar-refractivity contribution in [3.05, 3.63) is 59.1 Å². The van der Waals surface area contributed by atoms with E-state index in [1.807, 2.05) is 0 Å². The molecule has 4 bridgehead atoms. The first-order valence-corrected chi connectivity index (χ1v) is 13.8. The van der Waals surface area contributed by atoms with Gasteiger partial charge in [-0.2, -0.15) is 26.3 Å². The maximum Gasteiger partial charge on any atom is 0.426 e. The number of pyridine rings is 1. The van der Waals surface area contributed by atoms with Crippen molar-refractivity contribution in [2.45, 2.75) is 89.0 Å². The van der Waals surface area contributed by atoms with Crippen molar-refractivity contribution in [2.24, 2.45) is 0 Å². The Kier molecular flexibility index (Phi) is 9.59. The number of Topliss-reactive ketones (excluding diaryl/α,β-unsaturated/α-hetero) is 1. The van der Waals surface area contributed by atoms with E-state index in [0.717, 1.165) is 0 Å². The van der Waals surface area contributed by atoms with Crippen LogP contribution in [-0.2, 0) is 27.9 Å². The Morgan fingerprint density at radius 3 is 2.27 bits per heavy atom. The molecule has 0 radical (unpaired) electrons. The molecule has 0 saturated carbocycles. The number of hydrogen-bond donors (Lipinski definition) is 1. The third-order valence-electron chi connectivity index (χ3n) is 6.91. The van der Waals surface area contributed by atoms with Gasteiger partial charge in [0.2, 0.25) is 11.5 Å². The molecule has 1 unspecified atom stereocenters. The molecule has 1 aliphatic rings. The minimum atomic E-state index is -5.37. The summed E-state index contributed by atoms with van der Waals surface area (Å²) in [7, 11) is 0. The van der Waals surface area contributed by atoms with E-state index in [9.17, 15) is 39.9 Å². The van der Waals surface area contributed by atoms with Crippen molar-refractivity contribution in [2.75, 3.05) is 12.0 Å². The van der Waals surface area contributed by atoms with E-state index in [0.29, 0.717) is 6.07 Å². The smallest absolute Gasteiger partial charge is 0.416 e. The van der Waals surface area contributed by atoms with Gasteiger partial charge in [0.05, 0.1) is 23.5 Å². The molecule has 0 aliphatic carbocycles. The summed E-state index contributed by atoms with van der Waals surface area (Å²) >= 11 is 0. The molecule has 45 heavy (non-hydrogen) atoms. The van der Waals surface area contributed by atoms with Gasteiger partial charge in [-0.05, 0) is 38.8 Å². The second kappa shape index (κ2) is 12.6. The predicted molar refractivity (Wildman–Crippen MR) is 143 cm³/mol. The fourth-order valence-corrected chi connectivity index (χ4v) is 4.53. The number of alkyl halides is 8. The predicted octanol–water partition coefficient (Wildman–Crippen LogP) is 8.09. The van der Waals surface area contributed by atoms with Crippen LogP contribution in [0.25, 0.3) is 11.6 Å². The molecule has 8 nitrogen and oxygen atoms in total. The minimum Gasteiger partial charge on any atom is -0.416 e. The molecule has 0 fully saturated rings. The van der Waals surface area contributed by atoms with Crippen LogP contribution in [-0.4, -0.2) is 45.4 Å². The van der Waals surface area contributed by atoms with Gasteiger partial charge >= 0.3 is 12.4 Å². The molecular formula is C29H30F8N4O4. The highest BCUT2D eigenvalue weighted by atomic mass is 19.4. The maximum absolute atomic E-state index is 14.9. The van der Waals surface area contributed by atoms with Crippen LogP contribution in [0.15, 0.2) is 40.8 Å². The molecule has 3 heterocycles.